The van der Waals surface area contributed by atoms with Gasteiger partial charge in [-0.15, -0.1) is 0 Å². The minimum Gasteiger partial charge on any atom is -0.497 e. The molecule has 0 amide bonds. The van der Waals surface area contributed by atoms with Gasteiger partial charge in [-0.2, -0.15) is 5.10 Å². The van der Waals surface area contributed by atoms with Gasteiger partial charge in [0.2, 0.25) is 0 Å². The van der Waals surface area contributed by atoms with Gasteiger partial charge in [0.15, 0.2) is 0 Å². The van der Waals surface area contributed by atoms with Gasteiger partial charge in [-0.05, 0) is 26.0 Å². The van der Waals surface area contributed by atoms with Crippen molar-refractivity contribution in [2.24, 2.45) is 0 Å². The molecule has 2 rings (SSSR count). The maximum Gasteiger partial charge on any atom is 0.337 e. The number of methoxy groups -OCH3 is 1. The van der Waals surface area contributed by atoms with Gasteiger partial charge in [0.25, 0.3) is 0 Å². The number of rotatable bonds is 5. The lowest BCUT2D eigenvalue weighted by Crippen LogP contribution is -2.03. The topological polar surface area (TPSA) is 76.4 Å². The number of hydrogen-bond acceptors (Lipinski definition) is 4. The Morgan fingerprint density at radius 3 is 2.75 bits per heavy atom. The number of anilines is 2. The van der Waals surface area contributed by atoms with Crippen molar-refractivity contribution in [1.82, 2.24) is 9.78 Å². The van der Waals surface area contributed by atoms with Crippen molar-refractivity contribution in [3.8, 4) is 5.75 Å². The first-order chi connectivity index (χ1) is 9.51. The maximum absolute atomic E-state index is 11.2. The largest absolute Gasteiger partial charge is 0.497 e. The fourth-order valence-corrected chi connectivity index (χ4v) is 1.78. The minimum absolute atomic E-state index is 0.183. The van der Waals surface area contributed by atoms with Crippen molar-refractivity contribution in [2.75, 3.05) is 12.4 Å². The van der Waals surface area contributed by atoms with Crippen molar-refractivity contribution in [3.05, 3.63) is 36.2 Å². The van der Waals surface area contributed by atoms with Gasteiger partial charge < -0.3 is 15.2 Å². The molecule has 0 saturated carbocycles. The monoisotopic (exact) mass is 275 g/mol. The Kier molecular flexibility index (Phi) is 3.93. The zero-order valence-corrected chi connectivity index (χ0v) is 11.6. The van der Waals surface area contributed by atoms with Gasteiger partial charge >= 0.3 is 5.97 Å². The highest BCUT2D eigenvalue weighted by atomic mass is 16.5. The summed E-state index contributed by atoms with van der Waals surface area (Å²) >= 11 is 0. The molecule has 1 aromatic carbocycles. The van der Waals surface area contributed by atoms with E-state index < -0.39 is 5.97 Å². The predicted molar refractivity (Wildman–Crippen MR) is 75.8 cm³/mol. The van der Waals surface area contributed by atoms with Crippen molar-refractivity contribution < 1.29 is 14.6 Å². The van der Waals surface area contributed by atoms with Gasteiger partial charge in [-0.3, -0.25) is 4.68 Å². The van der Waals surface area contributed by atoms with Crippen LogP contribution in [0.1, 0.15) is 30.2 Å². The lowest BCUT2D eigenvalue weighted by Gasteiger charge is -2.10. The van der Waals surface area contributed by atoms with Gasteiger partial charge in [-0.25, -0.2) is 4.79 Å². The highest BCUT2D eigenvalue weighted by molar-refractivity contribution is 5.95. The number of carboxylic acids is 1. The lowest BCUT2D eigenvalue weighted by atomic mass is 10.1. The molecule has 0 unspecified atom stereocenters. The van der Waals surface area contributed by atoms with Crippen LogP contribution in [0.15, 0.2) is 30.6 Å². The van der Waals surface area contributed by atoms with Crippen LogP contribution in [0, 0.1) is 0 Å². The molecule has 1 aromatic heterocycles. The molecule has 20 heavy (non-hydrogen) atoms. The second-order valence-corrected chi connectivity index (χ2v) is 4.64. The molecule has 1 heterocycles. The second kappa shape index (κ2) is 5.64. The SMILES string of the molecule is COc1ccc(C(=O)O)c(Nc2cnn(C(C)C)c2)c1. The molecule has 2 aromatic rings. The molecule has 106 valence electrons. The van der Waals surface area contributed by atoms with Crippen LogP contribution < -0.4 is 10.1 Å². The second-order valence-electron chi connectivity index (χ2n) is 4.64. The Bertz CT molecular complexity index is 620. The fourth-order valence-electron chi connectivity index (χ4n) is 1.78. The normalized spacial score (nSPS) is 10.6. The van der Waals surface area contributed by atoms with E-state index in [1.165, 1.54) is 13.2 Å². The minimum atomic E-state index is -0.994. The molecule has 6 nitrogen and oxygen atoms in total. The van der Waals surface area contributed by atoms with E-state index in [-0.39, 0.29) is 11.6 Å². The Morgan fingerprint density at radius 1 is 1.45 bits per heavy atom. The van der Waals surface area contributed by atoms with Crippen molar-refractivity contribution >= 4 is 17.3 Å². The molecule has 0 aliphatic rings. The molecular weight excluding hydrogens is 258 g/mol. The van der Waals surface area contributed by atoms with Gasteiger partial charge in [-0.1, -0.05) is 0 Å². The summed E-state index contributed by atoms with van der Waals surface area (Å²) in [5, 5.41) is 16.5. The highest BCUT2D eigenvalue weighted by Gasteiger charge is 2.12. The molecule has 2 N–H and O–H groups in total. The molecule has 0 atom stereocenters. The summed E-state index contributed by atoms with van der Waals surface area (Å²) in [5.74, 6) is -0.403. The summed E-state index contributed by atoms with van der Waals surface area (Å²) in [6, 6.07) is 5.02. The summed E-state index contributed by atoms with van der Waals surface area (Å²) in [6.45, 7) is 4.04. The lowest BCUT2D eigenvalue weighted by molar-refractivity contribution is 0.0698. The van der Waals surface area contributed by atoms with Gasteiger partial charge in [0.1, 0.15) is 5.75 Å². The van der Waals surface area contributed by atoms with Crippen LogP contribution in [0.3, 0.4) is 0 Å². The first kappa shape index (κ1) is 13.9. The van der Waals surface area contributed by atoms with E-state index in [2.05, 4.69) is 10.4 Å². The standard InChI is InChI=1S/C14H17N3O3/c1-9(2)17-8-10(7-15-17)16-13-6-11(20-3)4-5-12(13)14(18)19/h4-9,16H,1-3H3,(H,18,19). The third kappa shape index (κ3) is 2.90. The number of hydrogen-bond donors (Lipinski definition) is 2. The summed E-state index contributed by atoms with van der Waals surface area (Å²) in [6.07, 6.45) is 3.49. The molecule has 6 heteroatoms. The third-order valence-corrected chi connectivity index (χ3v) is 2.87. The van der Waals surface area contributed by atoms with Crippen LogP contribution >= 0.6 is 0 Å². The number of carbonyl (C=O) groups is 1. The number of aromatic nitrogens is 2. The van der Waals surface area contributed by atoms with E-state index in [0.29, 0.717) is 11.4 Å². The number of carboxylic acid groups (broad SMARTS) is 1. The first-order valence-electron chi connectivity index (χ1n) is 6.23. The summed E-state index contributed by atoms with van der Waals surface area (Å²) < 4.78 is 6.91. The first-order valence-corrected chi connectivity index (χ1v) is 6.23. The van der Waals surface area contributed by atoms with E-state index in [4.69, 9.17) is 4.74 Å². The average molecular weight is 275 g/mol. The maximum atomic E-state index is 11.2. The van der Waals surface area contributed by atoms with E-state index in [1.807, 2.05) is 20.0 Å². The van der Waals surface area contributed by atoms with Crippen molar-refractivity contribution in [2.45, 2.75) is 19.9 Å². The third-order valence-electron chi connectivity index (χ3n) is 2.87. The molecule has 0 spiro atoms. The number of ether oxygens (including phenoxy) is 1. The number of nitrogens with zero attached hydrogens (tertiary/aromatic N) is 2. The van der Waals surface area contributed by atoms with Crippen LogP contribution in [0.4, 0.5) is 11.4 Å². The quantitative estimate of drug-likeness (QED) is 0.877. The van der Waals surface area contributed by atoms with Crippen LogP contribution in [-0.2, 0) is 0 Å². The molecule has 0 saturated heterocycles. The smallest absolute Gasteiger partial charge is 0.337 e. The van der Waals surface area contributed by atoms with Gasteiger partial charge in [0.05, 0.1) is 30.2 Å². The average Bonchev–Trinajstić information content (AvgIpc) is 2.87. The van der Waals surface area contributed by atoms with Crippen LogP contribution in [0.5, 0.6) is 5.75 Å². The van der Waals surface area contributed by atoms with Crippen molar-refractivity contribution in [3.63, 3.8) is 0 Å². The van der Waals surface area contributed by atoms with E-state index in [1.54, 1.807) is 23.0 Å². The molecule has 0 fully saturated rings. The number of nitrogens with one attached hydrogen (secondary N) is 1. The van der Waals surface area contributed by atoms with Crippen LogP contribution in [0.2, 0.25) is 0 Å². The Balaban J connectivity index is 2.32. The molecular formula is C14H17N3O3. The van der Waals surface area contributed by atoms with E-state index >= 15 is 0 Å². The zero-order chi connectivity index (χ0) is 14.7. The van der Waals surface area contributed by atoms with E-state index in [0.717, 1.165) is 5.69 Å². The molecule has 0 aliphatic heterocycles. The summed E-state index contributed by atoms with van der Waals surface area (Å²) in [4.78, 5) is 11.2. The Hall–Kier alpha value is -2.50. The Labute approximate surface area is 117 Å². The fraction of sp³-hybridized carbons (Fsp3) is 0.286. The summed E-state index contributed by atoms with van der Waals surface area (Å²) in [5.41, 5.74) is 1.39. The molecule has 0 bridgehead atoms. The predicted octanol–water partition coefficient (Wildman–Crippen LogP) is 2.91. The highest BCUT2D eigenvalue weighted by Crippen LogP contribution is 2.26. The Morgan fingerprint density at radius 2 is 2.20 bits per heavy atom. The number of benzene rings is 1. The zero-order valence-electron chi connectivity index (χ0n) is 11.6. The van der Waals surface area contributed by atoms with Crippen molar-refractivity contribution in [1.29, 1.82) is 0 Å². The van der Waals surface area contributed by atoms with E-state index in [9.17, 15) is 9.90 Å². The van der Waals surface area contributed by atoms with Crippen LogP contribution in [0.25, 0.3) is 0 Å². The van der Waals surface area contributed by atoms with Gasteiger partial charge in [0, 0.05) is 18.3 Å². The molecule has 0 radical (unpaired) electrons. The molecule has 0 aliphatic carbocycles. The number of aromatic carboxylic acids is 1. The van der Waals surface area contributed by atoms with Crippen LogP contribution in [-0.4, -0.2) is 28.0 Å². The summed E-state index contributed by atoms with van der Waals surface area (Å²) in [7, 11) is 1.54.